The number of amides is 2. The molecular formula is C14H18ClN3O2. The molecule has 1 saturated heterocycles. The summed E-state index contributed by atoms with van der Waals surface area (Å²) in [7, 11) is 0. The van der Waals surface area contributed by atoms with Gasteiger partial charge in [-0.2, -0.15) is 0 Å². The molecule has 1 aliphatic rings. The third-order valence-corrected chi connectivity index (χ3v) is 3.87. The van der Waals surface area contributed by atoms with E-state index in [1.165, 1.54) is 6.92 Å². The van der Waals surface area contributed by atoms with E-state index in [9.17, 15) is 9.59 Å². The fraction of sp³-hybridized carbons (Fsp3) is 0.429. The number of likely N-dealkylation sites (tertiary alicyclic amines) is 1. The quantitative estimate of drug-likeness (QED) is 0.815. The molecule has 2 amide bonds. The molecule has 1 heterocycles. The Labute approximate surface area is 123 Å². The lowest BCUT2D eigenvalue weighted by Crippen LogP contribution is -2.46. The minimum absolute atomic E-state index is 0.0337. The van der Waals surface area contributed by atoms with Gasteiger partial charge in [-0.15, -0.1) is 0 Å². The number of nitrogen functional groups attached to an aromatic ring is 1. The summed E-state index contributed by atoms with van der Waals surface area (Å²) in [6, 6.07) is 5.22. The van der Waals surface area contributed by atoms with E-state index in [1.807, 2.05) is 0 Å². The number of halogens is 1. The van der Waals surface area contributed by atoms with Crippen LogP contribution in [0.2, 0.25) is 5.02 Å². The number of nitrogens with one attached hydrogen (secondary N) is 1. The van der Waals surface area contributed by atoms with Crippen molar-refractivity contribution in [3.05, 3.63) is 28.8 Å². The molecule has 2 rings (SSSR count). The van der Waals surface area contributed by atoms with Gasteiger partial charge in [0.15, 0.2) is 0 Å². The molecule has 6 heteroatoms. The maximum Gasteiger partial charge on any atom is 0.255 e. The molecule has 20 heavy (non-hydrogen) atoms. The molecule has 1 fully saturated rings. The summed E-state index contributed by atoms with van der Waals surface area (Å²) in [6.07, 6.45) is 1.51. The molecule has 5 nitrogen and oxygen atoms in total. The molecule has 0 atom stereocenters. The number of benzene rings is 1. The van der Waals surface area contributed by atoms with Crippen LogP contribution in [-0.4, -0.2) is 35.8 Å². The van der Waals surface area contributed by atoms with Crippen LogP contribution in [0, 0.1) is 0 Å². The van der Waals surface area contributed by atoms with Crippen molar-refractivity contribution >= 4 is 29.1 Å². The smallest absolute Gasteiger partial charge is 0.255 e. The number of hydrogen-bond donors (Lipinski definition) is 2. The van der Waals surface area contributed by atoms with Gasteiger partial charge in [0.05, 0.1) is 16.3 Å². The van der Waals surface area contributed by atoms with E-state index >= 15 is 0 Å². The molecule has 1 aromatic rings. The first-order chi connectivity index (χ1) is 9.49. The number of anilines is 1. The highest BCUT2D eigenvalue weighted by Crippen LogP contribution is 2.25. The summed E-state index contributed by atoms with van der Waals surface area (Å²) in [6.45, 7) is 2.72. The second kappa shape index (κ2) is 6.13. The Balaban J connectivity index is 2.02. The Kier molecular flexibility index (Phi) is 4.49. The highest BCUT2D eigenvalue weighted by Gasteiger charge is 2.25. The van der Waals surface area contributed by atoms with Gasteiger partial charge in [0.1, 0.15) is 0 Å². The molecule has 0 aliphatic carbocycles. The van der Waals surface area contributed by atoms with Gasteiger partial charge in [-0.3, -0.25) is 9.59 Å². The van der Waals surface area contributed by atoms with E-state index in [-0.39, 0.29) is 17.9 Å². The third-order valence-electron chi connectivity index (χ3n) is 3.45. The highest BCUT2D eigenvalue weighted by molar-refractivity contribution is 6.36. The van der Waals surface area contributed by atoms with Gasteiger partial charge in [-0.25, -0.2) is 0 Å². The first kappa shape index (κ1) is 14.7. The first-order valence-electron chi connectivity index (χ1n) is 6.59. The fourth-order valence-electron chi connectivity index (χ4n) is 2.40. The summed E-state index contributed by atoms with van der Waals surface area (Å²) in [4.78, 5) is 25.2. The minimum Gasteiger partial charge on any atom is -0.398 e. The zero-order chi connectivity index (χ0) is 14.7. The average molecular weight is 296 g/mol. The highest BCUT2D eigenvalue weighted by atomic mass is 35.5. The van der Waals surface area contributed by atoms with E-state index in [4.69, 9.17) is 17.3 Å². The van der Waals surface area contributed by atoms with E-state index in [1.54, 1.807) is 23.1 Å². The number of hydrogen-bond acceptors (Lipinski definition) is 3. The van der Waals surface area contributed by atoms with Crippen LogP contribution in [0.5, 0.6) is 0 Å². The molecular weight excluding hydrogens is 278 g/mol. The van der Waals surface area contributed by atoms with Gasteiger partial charge in [0, 0.05) is 26.1 Å². The Morgan fingerprint density at radius 2 is 2.00 bits per heavy atom. The summed E-state index contributed by atoms with van der Waals surface area (Å²) < 4.78 is 0. The van der Waals surface area contributed by atoms with Gasteiger partial charge in [-0.05, 0) is 25.0 Å². The van der Waals surface area contributed by atoms with Gasteiger partial charge >= 0.3 is 0 Å². The SMILES string of the molecule is CC(=O)NC1CCN(C(=O)c2cccc(N)c2Cl)CC1. The van der Waals surface area contributed by atoms with Crippen LogP contribution < -0.4 is 11.1 Å². The van der Waals surface area contributed by atoms with E-state index in [0.29, 0.717) is 29.4 Å². The monoisotopic (exact) mass is 295 g/mol. The van der Waals surface area contributed by atoms with Crippen LogP contribution in [0.25, 0.3) is 0 Å². The van der Waals surface area contributed by atoms with Crippen LogP contribution in [0.15, 0.2) is 18.2 Å². The topological polar surface area (TPSA) is 75.4 Å². The van der Waals surface area contributed by atoms with Gasteiger partial charge < -0.3 is 16.0 Å². The molecule has 1 aromatic carbocycles. The summed E-state index contributed by atoms with van der Waals surface area (Å²) in [5.41, 5.74) is 6.56. The van der Waals surface area contributed by atoms with Crippen molar-refractivity contribution in [1.82, 2.24) is 10.2 Å². The van der Waals surface area contributed by atoms with Crippen molar-refractivity contribution in [2.45, 2.75) is 25.8 Å². The van der Waals surface area contributed by atoms with Gasteiger partial charge in [0.25, 0.3) is 5.91 Å². The van der Waals surface area contributed by atoms with Crippen molar-refractivity contribution in [2.75, 3.05) is 18.8 Å². The fourth-order valence-corrected chi connectivity index (χ4v) is 2.61. The predicted molar refractivity (Wildman–Crippen MR) is 78.6 cm³/mol. The van der Waals surface area contributed by atoms with Gasteiger partial charge in [-0.1, -0.05) is 17.7 Å². The van der Waals surface area contributed by atoms with Crippen molar-refractivity contribution in [1.29, 1.82) is 0 Å². The molecule has 0 unspecified atom stereocenters. The van der Waals surface area contributed by atoms with Crippen LogP contribution in [0.1, 0.15) is 30.1 Å². The number of rotatable bonds is 2. The summed E-state index contributed by atoms with van der Waals surface area (Å²) in [5, 5.41) is 3.19. The lowest BCUT2D eigenvalue weighted by Gasteiger charge is -2.32. The number of nitrogens with zero attached hydrogens (tertiary/aromatic N) is 1. The molecule has 0 spiro atoms. The molecule has 0 saturated carbocycles. The van der Waals surface area contributed by atoms with Crippen molar-refractivity contribution in [3.63, 3.8) is 0 Å². The lowest BCUT2D eigenvalue weighted by atomic mass is 10.0. The predicted octanol–water partition coefficient (Wildman–Crippen LogP) is 1.66. The number of carbonyl (C=O) groups is 2. The Morgan fingerprint density at radius 1 is 1.35 bits per heavy atom. The van der Waals surface area contributed by atoms with Crippen molar-refractivity contribution in [2.24, 2.45) is 0 Å². The third kappa shape index (κ3) is 3.22. The van der Waals surface area contributed by atoms with Crippen LogP contribution in [-0.2, 0) is 4.79 Å². The zero-order valence-corrected chi connectivity index (χ0v) is 12.1. The molecule has 108 valence electrons. The van der Waals surface area contributed by atoms with E-state index < -0.39 is 0 Å². The maximum atomic E-state index is 12.4. The molecule has 3 N–H and O–H groups in total. The minimum atomic E-state index is -0.108. The maximum absolute atomic E-state index is 12.4. The Morgan fingerprint density at radius 3 is 2.60 bits per heavy atom. The van der Waals surface area contributed by atoms with Crippen LogP contribution >= 0.6 is 11.6 Å². The number of carbonyl (C=O) groups excluding carboxylic acids is 2. The summed E-state index contributed by atoms with van der Waals surface area (Å²) in [5.74, 6) is -0.141. The second-order valence-electron chi connectivity index (χ2n) is 4.98. The first-order valence-corrected chi connectivity index (χ1v) is 6.97. The van der Waals surface area contributed by atoms with Gasteiger partial charge in [0.2, 0.25) is 5.91 Å². The average Bonchev–Trinajstić information content (AvgIpc) is 2.41. The lowest BCUT2D eigenvalue weighted by molar-refractivity contribution is -0.119. The van der Waals surface area contributed by atoms with Crippen LogP contribution in [0.3, 0.4) is 0 Å². The Hall–Kier alpha value is -1.75. The number of piperidine rings is 1. The standard InChI is InChI=1S/C14H18ClN3O2/c1-9(19)17-10-5-7-18(8-6-10)14(20)11-3-2-4-12(16)13(11)15/h2-4,10H,5-8,16H2,1H3,(H,17,19). The molecule has 0 aromatic heterocycles. The van der Waals surface area contributed by atoms with Crippen molar-refractivity contribution < 1.29 is 9.59 Å². The normalized spacial score (nSPS) is 16.0. The van der Waals surface area contributed by atoms with Crippen LogP contribution in [0.4, 0.5) is 5.69 Å². The second-order valence-corrected chi connectivity index (χ2v) is 5.35. The Bertz CT molecular complexity index is 525. The molecule has 0 radical (unpaired) electrons. The molecule has 1 aliphatic heterocycles. The van der Waals surface area contributed by atoms with E-state index in [2.05, 4.69) is 5.32 Å². The summed E-state index contributed by atoms with van der Waals surface area (Å²) >= 11 is 6.08. The van der Waals surface area contributed by atoms with Crippen molar-refractivity contribution in [3.8, 4) is 0 Å². The molecule has 0 bridgehead atoms. The van der Waals surface area contributed by atoms with E-state index in [0.717, 1.165) is 12.8 Å². The zero-order valence-electron chi connectivity index (χ0n) is 11.4. The number of nitrogens with two attached hydrogens (primary N) is 1. The largest absolute Gasteiger partial charge is 0.398 e.